The lowest BCUT2D eigenvalue weighted by atomic mass is 10.1. The number of carbonyl (C=O) groups excluding carboxylic acids is 1. The van der Waals surface area contributed by atoms with Gasteiger partial charge in [0.2, 0.25) is 5.91 Å². The van der Waals surface area contributed by atoms with Gasteiger partial charge in [-0.25, -0.2) is 0 Å². The molecule has 2 heterocycles. The van der Waals surface area contributed by atoms with Gasteiger partial charge in [-0.3, -0.25) is 4.79 Å². The molecule has 1 fully saturated rings. The minimum absolute atomic E-state index is 0.0482. The number of rotatable bonds is 2. The number of carbonyl (C=O) groups is 1. The molecule has 3 N–H and O–H groups in total. The lowest BCUT2D eigenvalue weighted by Crippen LogP contribution is -2.41. The molecule has 2 rings (SSSR count). The zero-order valence-electron chi connectivity index (χ0n) is 8.94. The fourth-order valence-electron chi connectivity index (χ4n) is 2.17. The molecule has 4 heteroatoms. The van der Waals surface area contributed by atoms with Crippen molar-refractivity contribution in [3.8, 4) is 0 Å². The number of nitrogens with two attached hydrogens (primary N) is 1. The van der Waals surface area contributed by atoms with E-state index in [0.717, 1.165) is 25.1 Å². The van der Waals surface area contributed by atoms with Crippen LogP contribution in [-0.4, -0.2) is 28.4 Å². The molecule has 1 aromatic heterocycles. The molecule has 1 aromatic rings. The van der Waals surface area contributed by atoms with E-state index < -0.39 is 6.04 Å². The quantitative estimate of drug-likeness (QED) is 0.760. The van der Waals surface area contributed by atoms with Crippen LogP contribution in [0.25, 0.3) is 0 Å². The van der Waals surface area contributed by atoms with Crippen molar-refractivity contribution in [3.63, 3.8) is 0 Å². The third-order valence-electron chi connectivity index (χ3n) is 2.91. The Kier molecular flexibility index (Phi) is 2.77. The molecule has 2 unspecified atom stereocenters. The summed E-state index contributed by atoms with van der Waals surface area (Å²) in [6.45, 7) is 2.57. The maximum absolute atomic E-state index is 11.8. The van der Waals surface area contributed by atoms with Crippen LogP contribution >= 0.6 is 0 Å². The lowest BCUT2D eigenvalue weighted by Gasteiger charge is -2.25. The minimum atomic E-state index is -0.402. The zero-order valence-corrected chi connectivity index (χ0v) is 8.94. The second-order valence-corrected chi connectivity index (χ2v) is 4.10. The Morgan fingerprint density at radius 3 is 3.13 bits per heavy atom. The maximum Gasteiger partial charge on any atom is 0.239 e. The molecule has 0 aromatic carbocycles. The molecule has 1 saturated heterocycles. The third kappa shape index (κ3) is 1.90. The van der Waals surface area contributed by atoms with Gasteiger partial charge in [0.05, 0.1) is 12.1 Å². The van der Waals surface area contributed by atoms with Crippen molar-refractivity contribution in [1.82, 2.24) is 9.88 Å². The van der Waals surface area contributed by atoms with Gasteiger partial charge in [0.25, 0.3) is 0 Å². The Labute approximate surface area is 89.5 Å². The average molecular weight is 207 g/mol. The highest BCUT2D eigenvalue weighted by Crippen LogP contribution is 2.30. The molecule has 0 saturated carbocycles. The first-order chi connectivity index (χ1) is 7.20. The summed E-state index contributed by atoms with van der Waals surface area (Å²) in [4.78, 5) is 16.9. The van der Waals surface area contributed by atoms with E-state index in [0.29, 0.717) is 0 Å². The summed E-state index contributed by atoms with van der Waals surface area (Å²) in [5.74, 6) is 0.0482. The van der Waals surface area contributed by atoms with Crippen LogP contribution in [0.3, 0.4) is 0 Å². The van der Waals surface area contributed by atoms with Crippen LogP contribution in [0, 0.1) is 0 Å². The molecular formula is C11H17N3O. The van der Waals surface area contributed by atoms with Crippen molar-refractivity contribution >= 4 is 5.91 Å². The number of nitrogens with one attached hydrogen (secondary N) is 1. The van der Waals surface area contributed by atoms with Crippen LogP contribution in [0.1, 0.15) is 31.5 Å². The minimum Gasteiger partial charge on any atom is -0.363 e. The van der Waals surface area contributed by atoms with Crippen LogP contribution in [0.15, 0.2) is 18.3 Å². The van der Waals surface area contributed by atoms with Gasteiger partial charge in [-0.15, -0.1) is 0 Å². The smallest absolute Gasteiger partial charge is 0.239 e. The van der Waals surface area contributed by atoms with Gasteiger partial charge >= 0.3 is 0 Å². The van der Waals surface area contributed by atoms with E-state index in [1.54, 1.807) is 6.92 Å². The number of hydrogen-bond donors (Lipinski definition) is 2. The monoisotopic (exact) mass is 207 g/mol. The summed E-state index contributed by atoms with van der Waals surface area (Å²) in [7, 11) is 0. The first kappa shape index (κ1) is 10.2. The molecule has 1 amide bonds. The highest BCUT2D eigenvalue weighted by atomic mass is 16.2. The average Bonchev–Trinajstić information content (AvgIpc) is 2.86. The van der Waals surface area contributed by atoms with E-state index in [1.807, 2.05) is 23.2 Å². The Balaban J connectivity index is 2.15. The molecule has 0 bridgehead atoms. The van der Waals surface area contributed by atoms with Gasteiger partial charge in [0, 0.05) is 18.4 Å². The zero-order chi connectivity index (χ0) is 10.8. The molecular weight excluding hydrogens is 190 g/mol. The summed E-state index contributed by atoms with van der Waals surface area (Å²) in [6.07, 6.45) is 3.98. The van der Waals surface area contributed by atoms with Crippen LogP contribution in [0.4, 0.5) is 0 Å². The highest BCUT2D eigenvalue weighted by molar-refractivity contribution is 5.81. The number of amides is 1. The van der Waals surface area contributed by atoms with E-state index in [1.165, 1.54) is 0 Å². The highest BCUT2D eigenvalue weighted by Gasteiger charge is 2.31. The Hall–Kier alpha value is -1.29. The number of nitrogens with zero attached hydrogens (tertiary/aromatic N) is 1. The van der Waals surface area contributed by atoms with E-state index in [2.05, 4.69) is 4.98 Å². The van der Waals surface area contributed by atoms with Gasteiger partial charge < -0.3 is 15.6 Å². The van der Waals surface area contributed by atoms with Gasteiger partial charge in [0.1, 0.15) is 0 Å². The maximum atomic E-state index is 11.8. The van der Waals surface area contributed by atoms with Crippen LogP contribution in [0.2, 0.25) is 0 Å². The fraction of sp³-hybridized carbons (Fsp3) is 0.545. The summed E-state index contributed by atoms with van der Waals surface area (Å²) < 4.78 is 0. The second-order valence-electron chi connectivity index (χ2n) is 4.10. The molecule has 2 atom stereocenters. The van der Waals surface area contributed by atoms with Crippen molar-refractivity contribution < 1.29 is 4.79 Å². The molecule has 0 spiro atoms. The van der Waals surface area contributed by atoms with Crippen molar-refractivity contribution in [3.05, 3.63) is 24.0 Å². The van der Waals surface area contributed by atoms with Crippen molar-refractivity contribution in [2.24, 2.45) is 5.73 Å². The standard InChI is InChI=1S/C11H17N3O/c1-8(12)11(15)14-7-3-5-10(14)9-4-2-6-13-9/h2,4,6,8,10,13H,3,5,7,12H2,1H3. The Bertz CT molecular complexity index is 332. The summed E-state index contributed by atoms with van der Waals surface area (Å²) in [5.41, 5.74) is 6.74. The van der Waals surface area contributed by atoms with Crippen molar-refractivity contribution in [1.29, 1.82) is 0 Å². The largest absolute Gasteiger partial charge is 0.363 e. The molecule has 0 aliphatic carbocycles. The van der Waals surface area contributed by atoms with Gasteiger partial charge in [-0.05, 0) is 31.9 Å². The lowest BCUT2D eigenvalue weighted by molar-refractivity contribution is -0.133. The molecule has 4 nitrogen and oxygen atoms in total. The van der Waals surface area contributed by atoms with E-state index >= 15 is 0 Å². The molecule has 15 heavy (non-hydrogen) atoms. The number of aromatic nitrogens is 1. The third-order valence-corrected chi connectivity index (χ3v) is 2.91. The van der Waals surface area contributed by atoms with E-state index in [4.69, 9.17) is 5.73 Å². The fourth-order valence-corrected chi connectivity index (χ4v) is 2.17. The summed E-state index contributed by atoms with van der Waals surface area (Å²) in [5, 5.41) is 0. The number of likely N-dealkylation sites (tertiary alicyclic amines) is 1. The molecule has 0 radical (unpaired) electrons. The summed E-state index contributed by atoms with van der Waals surface area (Å²) in [6, 6.07) is 3.78. The first-order valence-electron chi connectivity index (χ1n) is 5.39. The van der Waals surface area contributed by atoms with Crippen LogP contribution in [0.5, 0.6) is 0 Å². The normalized spacial score (nSPS) is 23.1. The first-order valence-corrected chi connectivity index (χ1v) is 5.39. The number of aromatic amines is 1. The number of hydrogen-bond acceptors (Lipinski definition) is 2. The van der Waals surface area contributed by atoms with Crippen LogP contribution in [-0.2, 0) is 4.79 Å². The van der Waals surface area contributed by atoms with E-state index in [9.17, 15) is 4.79 Å². The predicted octanol–water partition coefficient (Wildman–Crippen LogP) is 1.03. The SMILES string of the molecule is CC(N)C(=O)N1CCCC1c1ccc[nH]1. The van der Waals surface area contributed by atoms with E-state index in [-0.39, 0.29) is 11.9 Å². The molecule has 1 aliphatic heterocycles. The van der Waals surface area contributed by atoms with Crippen molar-refractivity contribution in [2.75, 3.05) is 6.54 Å². The summed E-state index contributed by atoms with van der Waals surface area (Å²) >= 11 is 0. The van der Waals surface area contributed by atoms with Gasteiger partial charge in [-0.1, -0.05) is 0 Å². The van der Waals surface area contributed by atoms with Gasteiger partial charge in [-0.2, -0.15) is 0 Å². The molecule has 1 aliphatic rings. The van der Waals surface area contributed by atoms with Crippen molar-refractivity contribution in [2.45, 2.75) is 31.8 Å². The van der Waals surface area contributed by atoms with Crippen LogP contribution < -0.4 is 5.73 Å². The topological polar surface area (TPSA) is 62.1 Å². The van der Waals surface area contributed by atoms with Gasteiger partial charge in [0.15, 0.2) is 0 Å². The Morgan fingerprint density at radius 1 is 1.73 bits per heavy atom. The Morgan fingerprint density at radius 2 is 2.53 bits per heavy atom. The predicted molar refractivity (Wildman–Crippen MR) is 58.1 cm³/mol. The number of H-pyrrole nitrogens is 1. The molecule has 82 valence electrons. The second kappa shape index (κ2) is 4.06.